The van der Waals surface area contributed by atoms with Crippen molar-refractivity contribution in [1.82, 2.24) is 44.9 Å². The number of fused-ring (bicyclic) bond motifs is 10. The number of para-hydroxylation sites is 4. The van der Waals surface area contributed by atoms with Crippen LogP contribution in [-0.4, -0.2) is 51.5 Å². The van der Waals surface area contributed by atoms with Crippen LogP contribution < -0.4 is 10.3 Å². The summed E-state index contributed by atoms with van der Waals surface area (Å²) < 4.78 is 7.91. The Hall–Kier alpha value is -12.2. The fraction of sp³-hybridized carbons (Fsp3) is 0.292. The van der Waals surface area contributed by atoms with E-state index in [9.17, 15) is 4.79 Å². The summed E-state index contributed by atoms with van der Waals surface area (Å²) in [7, 11) is 0. The van der Waals surface area contributed by atoms with E-state index >= 15 is 0 Å². The molecule has 126 heavy (non-hydrogen) atoms. The molecule has 0 saturated carbocycles. The maximum absolute atomic E-state index is 11.2. The highest BCUT2D eigenvalue weighted by molar-refractivity contribution is 7.17. The van der Waals surface area contributed by atoms with E-state index in [0.29, 0.717) is 0 Å². The van der Waals surface area contributed by atoms with Crippen molar-refractivity contribution in [2.24, 2.45) is 0 Å². The summed E-state index contributed by atoms with van der Waals surface area (Å²) in [5.74, 6) is 1.07. The van der Waals surface area contributed by atoms with Gasteiger partial charge in [-0.1, -0.05) is 301 Å². The van der Waals surface area contributed by atoms with E-state index in [0.717, 1.165) is 85.8 Å². The molecule has 0 fully saturated rings. The average molecular weight is 1730 g/mol. The number of allylic oxidation sites excluding steroid dienone is 1. The predicted molar refractivity (Wildman–Crippen MR) is 562 cm³/mol. The minimum Gasteiger partial charge on any atom is -0.493 e. The second-order valence-corrected chi connectivity index (χ2v) is 28.0. The lowest BCUT2D eigenvalue weighted by atomic mass is 10.1. The third-order valence-electron chi connectivity index (χ3n) is 17.4. The van der Waals surface area contributed by atoms with Gasteiger partial charge in [0.15, 0.2) is 0 Å². The topological polar surface area (TPSA) is 148 Å². The first kappa shape index (κ1) is 112. The second kappa shape index (κ2) is 67.3. The fourth-order valence-corrected chi connectivity index (χ4v) is 13.4. The minimum atomic E-state index is -0.00583. The molecule has 13 heteroatoms. The van der Waals surface area contributed by atoms with Crippen LogP contribution in [0.5, 0.6) is 5.75 Å². The lowest BCUT2D eigenvalue weighted by Gasteiger charge is -1.97. The normalized spacial score (nSPS) is 9.87. The van der Waals surface area contributed by atoms with E-state index in [4.69, 9.17) is 4.74 Å². The molecule has 2 aliphatic rings. The molecular formula is C113H147N9O2S2. The molecule has 0 radical (unpaired) electrons. The number of aryl methyl sites for hydroxylation is 9. The maximum Gasteiger partial charge on any atom is 0.251 e. The molecule has 20 rings (SSSR count). The Morgan fingerprint density at radius 2 is 0.881 bits per heavy atom. The zero-order valence-corrected chi connectivity index (χ0v) is 83.3. The smallest absolute Gasteiger partial charge is 0.251 e. The van der Waals surface area contributed by atoms with Gasteiger partial charge in [-0.05, 0) is 228 Å². The van der Waals surface area contributed by atoms with E-state index in [1.165, 1.54) is 97.7 Å². The standard InChI is InChI=1S/C10H9NO.3C10H9N.C10H10.C9H8N2.C9H9N.C9H10O.2C8H7NS.10C2H6/c1-7-6-8-4-2-3-5-9(8)11-10(7)12;1-8-4-2-5-9-6-3-7-11-10(8)9;1-8-4-5-9-3-2-6-11-10(9)7-8;1-8-6-9-4-2-3-5-10(9)11-7-8;1-8-6-9-4-2-3-5-10(9)7-8;1-7-2-3-8-6-10-5-4-9(8)11-7;1-7-6-10-9-5-3-2-4-8(7)9;1-7-2-3-9-8(6-7)4-5-10-9;2*1-6-2-3-7-8(4-6)10-5-9-7;10*1-2/h2-6H,1H3,(H,11,12);3*2-7H,1H3;2-6H,7H2,1H3;2-6H,1H3;2-6,10H,1H3;2-3,6H,4-5H2,1H3;2*2-5H,1H3;10*1-2H3. The van der Waals surface area contributed by atoms with E-state index in [2.05, 4.69) is 264 Å². The summed E-state index contributed by atoms with van der Waals surface area (Å²) in [5.41, 5.74) is 28.8. The lowest BCUT2D eigenvalue weighted by molar-refractivity contribution is 0.357. The van der Waals surface area contributed by atoms with Crippen LogP contribution in [0.1, 0.15) is 212 Å². The molecule has 9 aromatic carbocycles. The number of rotatable bonds is 0. The van der Waals surface area contributed by atoms with Crippen molar-refractivity contribution in [2.45, 2.75) is 221 Å². The van der Waals surface area contributed by atoms with Crippen LogP contribution in [0.15, 0.2) is 301 Å². The zero-order valence-electron chi connectivity index (χ0n) is 81.7. The van der Waals surface area contributed by atoms with E-state index in [1.54, 1.807) is 28.9 Å². The highest BCUT2D eigenvalue weighted by Crippen LogP contribution is 2.27. The lowest BCUT2D eigenvalue weighted by Crippen LogP contribution is -2.08. The van der Waals surface area contributed by atoms with Crippen LogP contribution in [0.3, 0.4) is 0 Å². The third-order valence-corrected chi connectivity index (χ3v) is 19.0. The Morgan fingerprint density at radius 1 is 0.349 bits per heavy atom. The number of nitrogens with one attached hydrogen (secondary N) is 2. The van der Waals surface area contributed by atoms with Gasteiger partial charge in [-0.3, -0.25) is 29.7 Å². The van der Waals surface area contributed by atoms with E-state index in [-0.39, 0.29) is 5.56 Å². The van der Waals surface area contributed by atoms with Crippen LogP contribution in [0, 0.1) is 62.3 Å². The molecule has 9 aromatic heterocycles. The minimum absolute atomic E-state index is 0.00583. The van der Waals surface area contributed by atoms with Crippen LogP contribution >= 0.6 is 22.7 Å². The molecule has 1 aliphatic heterocycles. The number of pyridine rings is 6. The Labute approximate surface area is 765 Å². The summed E-state index contributed by atoms with van der Waals surface area (Å²) in [5, 5.41) is 7.13. The zero-order chi connectivity index (χ0) is 94.2. The fourth-order valence-electron chi connectivity index (χ4n) is 11.8. The van der Waals surface area contributed by atoms with Gasteiger partial charge in [0.05, 0.1) is 60.1 Å². The summed E-state index contributed by atoms with van der Waals surface area (Å²) in [6, 6.07) is 82.3. The molecule has 0 bridgehead atoms. The number of ether oxygens (including phenoxy) is 1. The third kappa shape index (κ3) is 38.9. The van der Waals surface area contributed by atoms with Gasteiger partial charge in [0, 0.05) is 92.8 Å². The van der Waals surface area contributed by atoms with Gasteiger partial charge < -0.3 is 14.7 Å². The van der Waals surface area contributed by atoms with Gasteiger partial charge in [-0.25, -0.2) is 9.97 Å². The van der Waals surface area contributed by atoms with E-state index < -0.39 is 0 Å². The Bertz CT molecular complexity index is 5750. The van der Waals surface area contributed by atoms with Gasteiger partial charge in [-0.2, -0.15) is 0 Å². The van der Waals surface area contributed by atoms with Gasteiger partial charge in [0.1, 0.15) is 5.75 Å². The first-order chi connectivity index (χ1) is 61.5. The van der Waals surface area contributed by atoms with Gasteiger partial charge in [0.25, 0.3) is 5.56 Å². The molecular weight excluding hydrogens is 1580 g/mol. The van der Waals surface area contributed by atoms with Crippen molar-refractivity contribution in [3.63, 3.8) is 0 Å². The van der Waals surface area contributed by atoms with Crippen molar-refractivity contribution in [3.8, 4) is 5.75 Å². The molecule has 0 amide bonds. The SMILES string of the molecule is CC.CC.CC.CC.CC.CC.CC.CC.CC.CC.CC1=Cc2ccccc2C1.Cc1c[nH]c2ccccc12.Cc1cc2ccccc2[nH]c1=O.Cc1ccc2c(c1)CCO2.Cc1ccc2cccnc2c1.Cc1ccc2cnccc2n1.Cc1ccc2ncsc2c1.Cc1ccc2ncsc2c1.Cc1cccc2cccnc12.Cc1cnc2ccccc2c1. The van der Waals surface area contributed by atoms with Crippen LogP contribution in [-0.2, 0) is 12.8 Å². The quantitative estimate of drug-likeness (QED) is 0.151. The highest BCUT2D eigenvalue weighted by atomic mass is 32.1. The first-order valence-corrected chi connectivity index (χ1v) is 47.1. The molecule has 0 spiro atoms. The van der Waals surface area contributed by atoms with Crippen molar-refractivity contribution >= 4 is 115 Å². The molecule has 668 valence electrons. The first-order valence-electron chi connectivity index (χ1n) is 45.3. The molecule has 0 unspecified atom stereocenters. The van der Waals surface area contributed by atoms with Crippen molar-refractivity contribution in [2.75, 3.05) is 6.61 Å². The van der Waals surface area contributed by atoms with Crippen molar-refractivity contribution in [3.05, 3.63) is 374 Å². The van der Waals surface area contributed by atoms with Crippen LogP contribution in [0.25, 0.3) is 91.9 Å². The molecule has 2 N–H and O–H groups in total. The molecule has 0 atom stereocenters. The number of aromatic amines is 2. The number of nitrogens with zero attached hydrogens (tertiary/aromatic N) is 7. The molecule has 1 aliphatic carbocycles. The monoisotopic (exact) mass is 1730 g/mol. The van der Waals surface area contributed by atoms with Gasteiger partial charge in [0.2, 0.25) is 0 Å². The number of H-pyrrole nitrogens is 2. The summed E-state index contributed by atoms with van der Waals surface area (Å²) in [6.07, 6.45) is 15.6. The number of benzene rings is 9. The Kier molecular flexibility index (Phi) is 59.7. The number of thiazole rings is 2. The average Bonchev–Trinajstić information content (AvgIpc) is 1.80. The molecule has 11 nitrogen and oxygen atoms in total. The molecule has 10 heterocycles. The Balaban J connectivity index is 0.000000684. The van der Waals surface area contributed by atoms with Gasteiger partial charge >= 0.3 is 0 Å². The molecule has 18 aromatic rings. The predicted octanol–water partition coefficient (Wildman–Crippen LogP) is 33.9. The number of aromatic nitrogens is 9. The largest absolute Gasteiger partial charge is 0.493 e. The number of hydrogen-bond donors (Lipinski definition) is 2. The second-order valence-electron chi connectivity index (χ2n) is 26.2. The summed E-state index contributed by atoms with van der Waals surface area (Å²) in [4.78, 5) is 46.7. The van der Waals surface area contributed by atoms with Gasteiger partial charge in [-0.15, -0.1) is 22.7 Å². The highest BCUT2D eigenvalue weighted by Gasteiger charge is 2.11. The van der Waals surface area contributed by atoms with Crippen LogP contribution in [0.4, 0.5) is 0 Å². The number of hydrogen-bond acceptors (Lipinski definition) is 11. The van der Waals surface area contributed by atoms with E-state index in [1.807, 2.05) is 279 Å². The summed E-state index contributed by atoms with van der Waals surface area (Å²) >= 11 is 3.38. The van der Waals surface area contributed by atoms with Crippen LogP contribution in [0.2, 0.25) is 0 Å². The Morgan fingerprint density at radius 3 is 1.52 bits per heavy atom. The van der Waals surface area contributed by atoms with Crippen molar-refractivity contribution in [1.29, 1.82) is 0 Å². The van der Waals surface area contributed by atoms with Crippen molar-refractivity contribution < 1.29 is 4.74 Å². The maximum atomic E-state index is 11.2. The summed E-state index contributed by atoms with van der Waals surface area (Å²) in [6.45, 7) is 61.5. The molecule has 0 saturated heterocycles.